The van der Waals surface area contributed by atoms with Crippen LogP contribution in [0.2, 0.25) is 5.15 Å². The number of unbranched alkanes of at least 4 members (excludes halogenated alkanes) is 1. The molecule has 0 radical (unpaired) electrons. The molecule has 40 heavy (non-hydrogen) atoms. The van der Waals surface area contributed by atoms with E-state index in [0.29, 0.717) is 23.1 Å². The number of methoxy groups -OCH3 is 2. The lowest BCUT2D eigenvalue weighted by molar-refractivity contribution is 0.0593. The van der Waals surface area contributed by atoms with E-state index in [1.165, 1.54) is 18.4 Å². The number of nitrogens with one attached hydrogen (secondary N) is 1. The summed E-state index contributed by atoms with van der Waals surface area (Å²) >= 11 is 8.21. The molecule has 2 aromatic carbocycles. The van der Waals surface area contributed by atoms with Crippen molar-refractivity contribution in [3.8, 4) is 22.5 Å². The SMILES string of the molecule is CCCCc1nc(Cl)c(C(OC)c2sccc2C(=O)OC)n1Cc1ccc(-c2ccccc2-c2nn[nH]n2)cc1. The van der Waals surface area contributed by atoms with E-state index >= 15 is 0 Å². The van der Waals surface area contributed by atoms with Gasteiger partial charge in [-0.05, 0) is 39.8 Å². The minimum Gasteiger partial charge on any atom is -0.465 e. The van der Waals surface area contributed by atoms with Gasteiger partial charge in [0.1, 0.15) is 11.9 Å². The number of nitrogens with zero attached hydrogens (tertiary/aromatic N) is 5. The number of tetrazole rings is 1. The molecule has 0 fully saturated rings. The summed E-state index contributed by atoms with van der Waals surface area (Å²) in [5, 5.41) is 16.7. The molecule has 3 aromatic heterocycles. The standard InChI is InChI=1S/C29H29ClN6O3S/c1-4-5-10-23-31-27(30)24(25(38-2)26-22(15-16-40-26)29(37)39-3)36(23)17-18-11-13-19(14-12-18)20-8-6-7-9-21(20)28-32-34-35-33-28/h6-9,11-16,25H,4-5,10,17H2,1-3H3,(H,32,33,34,35). The molecule has 1 N–H and O–H groups in total. The fourth-order valence-electron chi connectivity index (χ4n) is 4.76. The third kappa shape index (κ3) is 5.56. The van der Waals surface area contributed by atoms with Crippen molar-refractivity contribution in [3.63, 3.8) is 0 Å². The van der Waals surface area contributed by atoms with Gasteiger partial charge in [0.05, 0.1) is 23.2 Å². The lowest BCUT2D eigenvalue weighted by atomic mass is 9.98. The summed E-state index contributed by atoms with van der Waals surface area (Å²) in [6, 6.07) is 18.1. The molecule has 3 heterocycles. The Morgan fingerprint density at radius 2 is 1.88 bits per heavy atom. The van der Waals surface area contributed by atoms with Gasteiger partial charge in [0, 0.05) is 25.6 Å². The zero-order valence-corrected chi connectivity index (χ0v) is 24.0. The van der Waals surface area contributed by atoms with Crippen LogP contribution in [0, 0.1) is 0 Å². The molecule has 1 atom stereocenters. The molecule has 206 valence electrons. The highest BCUT2D eigenvalue weighted by Gasteiger charge is 2.30. The first-order chi connectivity index (χ1) is 19.5. The molecule has 5 rings (SSSR count). The van der Waals surface area contributed by atoms with Crippen molar-refractivity contribution in [1.82, 2.24) is 30.2 Å². The van der Waals surface area contributed by atoms with Crippen LogP contribution in [0.1, 0.15) is 58.2 Å². The number of hydrogen-bond acceptors (Lipinski definition) is 8. The molecular formula is C29H29ClN6O3S. The second kappa shape index (κ2) is 12.5. The second-order valence-electron chi connectivity index (χ2n) is 9.18. The fourth-order valence-corrected chi connectivity index (χ4v) is 6.02. The molecule has 0 aliphatic rings. The minimum absolute atomic E-state index is 0.368. The number of carbonyl (C=O) groups is 1. The smallest absolute Gasteiger partial charge is 0.339 e. The van der Waals surface area contributed by atoms with Crippen molar-refractivity contribution in [1.29, 1.82) is 0 Å². The van der Waals surface area contributed by atoms with E-state index in [1.54, 1.807) is 13.2 Å². The number of benzene rings is 2. The van der Waals surface area contributed by atoms with Crippen LogP contribution in [-0.4, -0.2) is 50.4 Å². The summed E-state index contributed by atoms with van der Waals surface area (Å²) in [7, 11) is 2.98. The van der Waals surface area contributed by atoms with Gasteiger partial charge in [0.15, 0.2) is 5.15 Å². The number of aromatic nitrogens is 6. The topological polar surface area (TPSA) is 108 Å². The van der Waals surface area contributed by atoms with Gasteiger partial charge >= 0.3 is 5.97 Å². The second-order valence-corrected chi connectivity index (χ2v) is 10.5. The van der Waals surface area contributed by atoms with Gasteiger partial charge in [-0.2, -0.15) is 5.21 Å². The summed E-state index contributed by atoms with van der Waals surface area (Å²) in [4.78, 5) is 17.9. The van der Waals surface area contributed by atoms with Crippen LogP contribution in [-0.2, 0) is 22.4 Å². The van der Waals surface area contributed by atoms with Gasteiger partial charge in [-0.3, -0.25) is 0 Å². The normalized spacial score (nSPS) is 12.0. The van der Waals surface area contributed by atoms with Crippen LogP contribution in [0.25, 0.3) is 22.5 Å². The minimum atomic E-state index is -0.578. The maximum absolute atomic E-state index is 12.5. The number of H-pyrrole nitrogens is 1. The zero-order chi connectivity index (χ0) is 28.1. The molecule has 0 aliphatic heterocycles. The van der Waals surface area contributed by atoms with Crippen LogP contribution in [0.3, 0.4) is 0 Å². The summed E-state index contributed by atoms with van der Waals surface area (Å²) in [5.74, 6) is 1.01. The lowest BCUT2D eigenvalue weighted by Gasteiger charge is -2.20. The maximum atomic E-state index is 12.5. The third-order valence-corrected chi connectivity index (χ3v) is 7.97. The molecule has 0 saturated heterocycles. The van der Waals surface area contributed by atoms with Crippen molar-refractivity contribution in [2.45, 2.75) is 38.8 Å². The molecule has 11 heteroatoms. The number of ether oxygens (including phenoxy) is 2. The van der Waals surface area contributed by atoms with Gasteiger partial charge in [-0.25, -0.2) is 9.78 Å². The van der Waals surface area contributed by atoms with Crippen LogP contribution >= 0.6 is 22.9 Å². The number of aromatic amines is 1. The highest BCUT2D eigenvalue weighted by molar-refractivity contribution is 7.10. The first-order valence-corrected chi connectivity index (χ1v) is 14.2. The highest BCUT2D eigenvalue weighted by Crippen LogP contribution is 2.38. The number of halogens is 1. The van der Waals surface area contributed by atoms with Crippen LogP contribution < -0.4 is 0 Å². The number of esters is 1. The summed E-state index contributed by atoms with van der Waals surface area (Å²) in [6.07, 6.45) is 2.20. The monoisotopic (exact) mass is 576 g/mol. The van der Waals surface area contributed by atoms with Crippen molar-refractivity contribution >= 4 is 28.9 Å². The van der Waals surface area contributed by atoms with Gasteiger partial charge in [0.25, 0.3) is 0 Å². The zero-order valence-electron chi connectivity index (χ0n) is 22.4. The van der Waals surface area contributed by atoms with Gasteiger partial charge in [-0.15, -0.1) is 21.5 Å². The Morgan fingerprint density at radius 3 is 2.55 bits per heavy atom. The molecule has 5 aromatic rings. The van der Waals surface area contributed by atoms with Gasteiger partial charge in [-0.1, -0.05) is 73.5 Å². The molecular weight excluding hydrogens is 548 g/mol. The Labute approximate surface area is 241 Å². The first-order valence-electron chi connectivity index (χ1n) is 12.9. The molecule has 0 amide bonds. The van der Waals surface area contributed by atoms with Crippen molar-refractivity contribution < 1.29 is 14.3 Å². The van der Waals surface area contributed by atoms with E-state index in [0.717, 1.165) is 57.9 Å². The highest BCUT2D eigenvalue weighted by atomic mass is 35.5. The summed E-state index contributed by atoms with van der Waals surface area (Å²) in [5.41, 5.74) is 5.20. The van der Waals surface area contributed by atoms with E-state index in [2.05, 4.69) is 56.4 Å². The predicted molar refractivity (Wildman–Crippen MR) is 155 cm³/mol. The fraction of sp³-hybridized carbons (Fsp3) is 0.276. The molecule has 0 bridgehead atoms. The molecule has 0 aliphatic carbocycles. The molecule has 1 unspecified atom stereocenters. The molecule has 0 saturated carbocycles. The number of imidazole rings is 1. The van der Waals surface area contributed by atoms with Gasteiger partial charge < -0.3 is 14.0 Å². The van der Waals surface area contributed by atoms with E-state index in [9.17, 15) is 4.79 Å². The molecule has 9 nitrogen and oxygen atoms in total. The van der Waals surface area contributed by atoms with E-state index < -0.39 is 12.1 Å². The number of hydrogen-bond donors (Lipinski definition) is 1. The Kier molecular flexibility index (Phi) is 8.69. The summed E-state index contributed by atoms with van der Waals surface area (Å²) in [6.45, 7) is 2.69. The maximum Gasteiger partial charge on any atom is 0.339 e. The molecule has 0 spiro atoms. The van der Waals surface area contributed by atoms with E-state index in [4.69, 9.17) is 26.1 Å². The third-order valence-electron chi connectivity index (χ3n) is 6.74. The number of aryl methyl sites for hydroxylation is 1. The number of rotatable bonds is 11. The van der Waals surface area contributed by atoms with Crippen LogP contribution in [0.4, 0.5) is 0 Å². The van der Waals surface area contributed by atoms with Crippen LogP contribution in [0.5, 0.6) is 0 Å². The predicted octanol–water partition coefficient (Wildman–Crippen LogP) is 6.36. The van der Waals surface area contributed by atoms with Crippen molar-refractivity contribution in [3.05, 3.63) is 92.7 Å². The van der Waals surface area contributed by atoms with Gasteiger partial charge in [0.2, 0.25) is 5.82 Å². The number of carbonyl (C=O) groups excluding carboxylic acids is 1. The Balaban J connectivity index is 1.51. The van der Waals surface area contributed by atoms with Crippen molar-refractivity contribution in [2.24, 2.45) is 0 Å². The number of thiophene rings is 1. The largest absolute Gasteiger partial charge is 0.465 e. The Morgan fingerprint density at radius 1 is 1.10 bits per heavy atom. The Hall–Kier alpha value is -3.86. The quantitative estimate of drug-likeness (QED) is 0.182. The Bertz CT molecular complexity index is 1580. The average molecular weight is 577 g/mol. The van der Waals surface area contributed by atoms with Crippen molar-refractivity contribution in [2.75, 3.05) is 14.2 Å². The summed E-state index contributed by atoms with van der Waals surface area (Å²) < 4.78 is 13.1. The lowest BCUT2D eigenvalue weighted by Crippen LogP contribution is -2.16. The first kappa shape index (κ1) is 27.7. The average Bonchev–Trinajstić information content (AvgIpc) is 3.75. The van der Waals surface area contributed by atoms with Crippen LogP contribution in [0.15, 0.2) is 60.0 Å². The van der Waals surface area contributed by atoms with E-state index in [1.807, 2.05) is 29.6 Å². The van der Waals surface area contributed by atoms with E-state index in [-0.39, 0.29) is 0 Å².